The van der Waals surface area contributed by atoms with Crippen molar-refractivity contribution >= 4 is 11.4 Å². The van der Waals surface area contributed by atoms with Gasteiger partial charge in [0, 0.05) is 18.1 Å². The molecule has 0 saturated carbocycles. The highest BCUT2D eigenvalue weighted by atomic mass is 14.8. The molecule has 4 rings (SSSR count). The molecular formula is C23H19N. The Morgan fingerprint density at radius 3 is 1.79 bits per heavy atom. The Balaban J connectivity index is 1.79. The van der Waals surface area contributed by atoms with E-state index in [-0.39, 0.29) is 0 Å². The number of aliphatic imine (C=N–C) groups is 1. The van der Waals surface area contributed by atoms with Gasteiger partial charge in [-0.25, -0.2) is 0 Å². The Labute approximate surface area is 143 Å². The van der Waals surface area contributed by atoms with E-state index in [1.54, 1.807) is 0 Å². The number of hydrogen-bond donors (Lipinski definition) is 0. The number of allylic oxidation sites excluding steroid dienone is 1. The maximum absolute atomic E-state index is 4.98. The maximum Gasteiger partial charge on any atom is 0.0671 e. The van der Waals surface area contributed by atoms with Crippen LogP contribution in [0.3, 0.4) is 0 Å². The first-order valence-electron chi connectivity index (χ1n) is 8.35. The van der Waals surface area contributed by atoms with E-state index in [4.69, 9.17) is 4.99 Å². The smallest absolute Gasteiger partial charge is 0.0671 e. The van der Waals surface area contributed by atoms with Crippen molar-refractivity contribution in [2.24, 2.45) is 4.99 Å². The number of benzene rings is 3. The van der Waals surface area contributed by atoms with E-state index < -0.39 is 0 Å². The lowest BCUT2D eigenvalue weighted by Gasteiger charge is -2.22. The van der Waals surface area contributed by atoms with E-state index in [1.807, 2.05) is 6.07 Å². The average Bonchev–Trinajstić information content (AvgIpc) is 2.70. The molecule has 1 aliphatic heterocycles. The second-order valence-electron chi connectivity index (χ2n) is 6.06. The summed E-state index contributed by atoms with van der Waals surface area (Å²) in [4.78, 5) is 4.98. The Morgan fingerprint density at radius 1 is 0.625 bits per heavy atom. The van der Waals surface area contributed by atoms with Gasteiger partial charge in [0.25, 0.3) is 0 Å². The van der Waals surface area contributed by atoms with Gasteiger partial charge < -0.3 is 0 Å². The molecule has 0 fully saturated rings. The largest absolute Gasteiger partial charge is 0.252 e. The average molecular weight is 309 g/mol. The summed E-state index contributed by atoms with van der Waals surface area (Å²) in [6.45, 7) is 0. The van der Waals surface area contributed by atoms with E-state index in [0.29, 0.717) is 5.92 Å². The first-order valence-corrected chi connectivity index (χ1v) is 8.35. The van der Waals surface area contributed by atoms with E-state index in [1.165, 1.54) is 16.7 Å². The zero-order valence-electron chi connectivity index (χ0n) is 13.5. The van der Waals surface area contributed by atoms with Gasteiger partial charge in [-0.05, 0) is 16.7 Å². The van der Waals surface area contributed by atoms with Crippen molar-refractivity contribution in [2.75, 3.05) is 0 Å². The SMILES string of the molecule is C1=C(c2ccccc2)N=C(c2ccccc2)CC1c1ccccc1. The van der Waals surface area contributed by atoms with Crippen LogP contribution in [-0.4, -0.2) is 5.71 Å². The van der Waals surface area contributed by atoms with Gasteiger partial charge in [-0.1, -0.05) is 97.1 Å². The lowest BCUT2D eigenvalue weighted by molar-refractivity contribution is 0.879. The predicted octanol–water partition coefficient (Wildman–Crippen LogP) is 5.70. The van der Waals surface area contributed by atoms with Crippen LogP contribution >= 0.6 is 0 Å². The Kier molecular flexibility index (Phi) is 4.07. The third-order valence-electron chi connectivity index (χ3n) is 4.43. The van der Waals surface area contributed by atoms with Crippen molar-refractivity contribution in [3.8, 4) is 0 Å². The molecule has 0 spiro atoms. The standard InChI is InChI=1S/C23H19N/c1-4-10-18(11-5-1)21-16-22(19-12-6-2-7-13-19)24-23(17-21)20-14-8-3-9-15-20/h1-16,21H,17H2. The van der Waals surface area contributed by atoms with Crippen molar-refractivity contribution in [3.05, 3.63) is 114 Å². The van der Waals surface area contributed by atoms with Crippen molar-refractivity contribution in [1.29, 1.82) is 0 Å². The van der Waals surface area contributed by atoms with Crippen molar-refractivity contribution < 1.29 is 0 Å². The van der Waals surface area contributed by atoms with Crippen LogP contribution in [0.2, 0.25) is 0 Å². The molecule has 0 radical (unpaired) electrons. The van der Waals surface area contributed by atoms with Crippen molar-refractivity contribution in [3.63, 3.8) is 0 Å². The fourth-order valence-corrected chi connectivity index (χ4v) is 3.18. The molecule has 0 aliphatic carbocycles. The summed E-state index contributed by atoms with van der Waals surface area (Å²) in [5.41, 5.74) is 5.95. The Hall–Kier alpha value is -2.93. The van der Waals surface area contributed by atoms with Gasteiger partial charge in [-0.2, -0.15) is 0 Å². The fraction of sp³-hybridized carbons (Fsp3) is 0.0870. The van der Waals surface area contributed by atoms with Gasteiger partial charge in [0.1, 0.15) is 0 Å². The molecular weight excluding hydrogens is 290 g/mol. The molecule has 1 heteroatoms. The molecule has 0 bridgehead atoms. The topological polar surface area (TPSA) is 12.4 Å². The monoisotopic (exact) mass is 309 g/mol. The van der Waals surface area contributed by atoms with Crippen molar-refractivity contribution in [1.82, 2.24) is 0 Å². The summed E-state index contributed by atoms with van der Waals surface area (Å²) in [6.07, 6.45) is 3.24. The normalized spacial score (nSPS) is 17.1. The second-order valence-corrected chi connectivity index (χ2v) is 6.06. The van der Waals surface area contributed by atoms with E-state index >= 15 is 0 Å². The first kappa shape index (κ1) is 14.6. The highest BCUT2D eigenvalue weighted by Crippen LogP contribution is 2.33. The molecule has 0 N–H and O–H groups in total. The van der Waals surface area contributed by atoms with Gasteiger partial charge in [-0.15, -0.1) is 0 Å². The van der Waals surface area contributed by atoms with Crippen LogP contribution in [0, 0.1) is 0 Å². The summed E-state index contributed by atoms with van der Waals surface area (Å²) in [6, 6.07) is 31.7. The summed E-state index contributed by atoms with van der Waals surface area (Å²) in [5, 5.41) is 0. The molecule has 3 aromatic carbocycles. The lowest BCUT2D eigenvalue weighted by Crippen LogP contribution is -2.12. The molecule has 0 saturated heterocycles. The van der Waals surface area contributed by atoms with E-state index in [0.717, 1.165) is 17.8 Å². The van der Waals surface area contributed by atoms with Crippen LogP contribution in [-0.2, 0) is 0 Å². The maximum atomic E-state index is 4.98. The van der Waals surface area contributed by atoms with Gasteiger partial charge in [-0.3, -0.25) is 4.99 Å². The Bertz CT molecular complexity index is 862. The minimum Gasteiger partial charge on any atom is -0.252 e. The van der Waals surface area contributed by atoms with Crippen LogP contribution in [0.15, 0.2) is 102 Å². The number of nitrogens with zero attached hydrogens (tertiary/aromatic N) is 1. The molecule has 1 atom stereocenters. The van der Waals surface area contributed by atoms with Crippen LogP contribution in [0.25, 0.3) is 5.70 Å². The van der Waals surface area contributed by atoms with Crippen LogP contribution in [0.4, 0.5) is 0 Å². The third-order valence-corrected chi connectivity index (χ3v) is 4.43. The Morgan fingerprint density at radius 2 is 1.17 bits per heavy atom. The number of rotatable bonds is 3. The second kappa shape index (κ2) is 6.67. The molecule has 116 valence electrons. The molecule has 3 aromatic rings. The number of hydrogen-bond acceptors (Lipinski definition) is 1. The van der Waals surface area contributed by atoms with Crippen LogP contribution in [0.5, 0.6) is 0 Å². The summed E-state index contributed by atoms with van der Waals surface area (Å²) >= 11 is 0. The summed E-state index contributed by atoms with van der Waals surface area (Å²) < 4.78 is 0. The molecule has 0 aromatic heterocycles. The molecule has 24 heavy (non-hydrogen) atoms. The van der Waals surface area contributed by atoms with E-state index in [9.17, 15) is 0 Å². The molecule has 1 unspecified atom stereocenters. The van der Waals surface area contributed by atoms with Gasteiger partial charge >= 0.3 is 0 Å². The highest BCUT2D eigenvalue weighted by molar-refractivity contribution is 6.05. The van der Waals surface area contributed by atoms with Crippen molar-refractivity contribution in [2.45, 2.75) is 12.3 Å². The van der Waals surface area contributed by atoms with Gasteiger partial charge in [0.2, 0.25) is 0 Å². The summed E-state index contributed by atoms with van der Waals surface area (Å²) in [7, 11) is 0. The minimum absolute atomic E-state index is 0.356. The zero-order chi connectivity index (χ0) is 16.2. The predicted molar refractivity (Wildman–Crippen MR) is 101 cm³/mol. The fourth-order valence-electron chi connectivity index (χ4n) is 3.18. The third kappa shape index (κ3) is 3.07. The molecule has 1 aliphatic rings. The molecule has 1 nitrogen and oxygen atoms in total. The van der Waals surface area contributed by atoms with Gasteiger partial charge in [0.05, 0.1) is 5.70 Å². The first-order chi connectivity index (χ1) is 11.9. The summed E-state index contributed by atoms with van der Waals surface area (Å²) in [5.74, 6) is 0.356. The minimum atomic E-state index is 0.356. The van der Waals surface area contributed by atoms with Crippen LogP contribution < -0.4 is 0 Å². The molecule has 0 amide bonds. The zero-order valence-corrected chi connectivity index (χ0v) is 13.5. The van der Waals surface area contributed by atoms with Crippen LogP contribution in [0.1, 0.15) is 29.0 Å². The lowest BCUT2D eigenvalue weighted by atomic mass is 9.87. The van der Waals surface area contributed by atoms with E-state index in [2.05, 4.69) is 91.0 Å². The van der Waals surface area contributed by atoms with Gasteiger partial charge in [0.15, 0.2) is 0 Å². The quantitative estimate of drug-likeness (QED) is 0.588. The molecule has 1 heterocycles. The highest BCUT2D eigenvalue weighted by Gasteiger charge is 2.20.